The molecule has 1 heterocycles. The molecule has 19 heavy (non-hydrogen) atoms. The Bertz CT molecular complexity index is 449. The van der Waals surface area contributed by atoms with Gasteiger partial charge in [-0.2, -0.15) is 0 Å². The molecule has 1 aliphatic rings. The lowest BCUT2D eigenvalue weighted by atomic mass is 10.3. The van der Waals surface area contributed by atoms with E-state index in [9.17, 15) is 0 Å². The monoisotopic (exact) mass is 302 g/mol. The standard InChI is InChI=1S/C13H20Cl2N4/c1-8(19(3)9-4-5-9)7-17-13-11(15)6-10(14)12(16-2)18-13/h6,8-9H,4-5,7H2,1-3H3,(H2,16,17,18). The molecule has 0 spiro atoms. The van der Waals surface area contributed by atoms with Gasteiger partial charge in [0.1, 0.15) is 11.6 Å². The number of hydrogen-bond donors (Lipinski definition) is 2. The molecule has 0 aromatic carbocycles. The first-order valence-corrected chi connectivity index (χ1v) is 7.28. The zero-order valence-corrected chi connectivity index (χ0v) is 13.0. The van der Waals surface area contributed by atoms with Gasteiger partial charge in [0.15, 0.2) is 0 Å². The van der Waals surface area contributed by atoms with Crippen LogP contribution >= 0.6 is 23.2 Å². The molecule has 1 unspecified atom stereocenters. The Kier molecular flexibility index (Phi) is 4.76. The third-order valence-corrected chi connectivity index (χ3v) is 4.13. The third-order valence-electron chi connectivity index (χ3n) is 3.55. The van der Waals surface area contributed by atoms with E-state index < -0.39 is 0 Å². The summed E-state index contributed by atoms with van der Waals surface area (Å²) in [4.78, 5) is 6.78. The highest BCUT2D eigenvalue weighted by Gasteiger charge is 2.29. The second-order valence-electron chi connectivity index (χ2n) is 5.03. The van der Waals surface area contributed by atoms with Gasteiger partial charge < -0.3 is 10.6 Å². The van der Waals surface area contributed by atoms with E-state index in [1.807, 2.05) is 0 Å². The van der Waals surface area contributed by atoms with Crippen LogP contribution in [0.2, 0.25) is 10.0 Å². The second kappa shape index (κ2) is 6.16. The minimum Gasteiger partial charge on any atom is -0.372 e. The predicted molar refractivity (Wildman–Crippen MR) is 82.5 cm³/mol. The Morgan fingerprint density at radius 3 is 2.58 bits per heavy atom. The summed E-state index contributed by atoms with van der Waals surface area (Å²) < 4.78 is 0. The molecule has 0 aliphatic heterocycles. The summed E-state index contributed by atoms with van der Waals surface area (Å²) in [5, 5.41) is 7.32. The van der Waals surface area contributed by atoms with Gasteiger partial charge in [0.2, 0.25) is 0 Å². The lowest BCUT2D eigenvalue weighted by molar-refractivity contribution is 0.257. The molecule has 1 aromatic heterocycles. The van der Waals surface area contributed by atoms with E-state index in [2.05, 4.69) is 34.5 Å². The Morgan fingerprint density at radius 1 is 1.37 bits per heavy atom. The summed E-state index contributed by atoms with van der Waals surface area (Å²) in [7, 11) is 3.95. The largest absolute Gasteiger partial charge is 0.372 e. The molecule has 2 rings (SSSR count). The molecular formula is C13H20Cl2N4. The van der Waals surface area contributed by atoms with Crippen molar-refractivity contribution in [3.8, 4) is 0 Å². The average Bonchev–Trinajstić information content (AvgIpc) is 3.20. The smallest absolute Gasteiger partial charge is 0.147 e. The summed E-state index contributed by atoms with van der Waals surface area (Å²) in [6, 6.07) is 2.90. The number of anilines is 2. The average molecular weight is 303 g/mol. The fourth-order valence-electron chi connectivity index (χ4n) is 2.00. The van der Waals surface area contributed by atoms with Crippen LogP contribution in [-0.2, 0) is 0 Å². The fourth-order valence-corrected chi connectivity index (χ4v) is 2.52. The van der Waals surface area contributed by atoms with Crippen molar-refractivity contribution in [1.82, 2.24) is 9.88 Å². The normalized spacial score (nSPS) is 16.5. The van der Waals surface area contributed by atoms with E-state index in [-0.39, 0.29) is 0 Å². The van der Waals surface area contributed by atoms with E-state index in [4.69, 9.17) is 23.2 Å². The van der Waals surface area contributed by atoms with Crippen LogP contribution in [-0.4, -0.2) is 42.6 Å². The molecule has 1 atom stereocenters. The van der Waals surface area contributed by atoms with Crippen LogP contribution in [0.4, 0.5) is 11.6 Å². The zero-order chi connectivity index (χ0) is 14.0. The minimum absolute atomic E-state index is 0.444. The number of aromatic nitrogens is 1. The van der Waals surface area contributed by atoms with E-state index in [0.29, 0.717) is 27.7 Å². The van der Waals surface area contributed by atoms with Gasteiger partial charge in [0.25, 0.3) is 0 Å². The van der Waals surface area contributed by atoms with Crippen LogP contribution in [0, 0.1) is 0 Å². The first kappa shape index (κ1) is 14.7. The van der Waals surface area contributed by atoms with Gasteiger partial charge in [0, 0.05) is 25.7 Å². The van der Waals surface area contributed by atoms with Crippen LogP contribution < -0.4 is 10.6 Å². The third kappa shape index (κ3) is 3.65. The highest BCUT2D eigenvalue weighted by atomic mass is 35.5. The molecule has 2 N–H and O–H groups in total. The lowest BCUT2D eigenvalue weighted by Gasteiger charge is -2.25. The number of hydrogen-bond acceptors (Lipinski definition) is 4. The second-order valence-corrected chi connectivity index (χ2v) is 5.84. The van der Waals surface area contributed by atoms with Crippen LogP contribution in [0.1, 0.15) is 19.8 Å². The molecule has 0 saturated heterocycles. The van der Waals surface area contributed by atoms with Crippen LogP contribution in [0.5, 0.6) is 0 Å². The molecule has 1 aromatic rings. The first-order chi connectivity index (χ1) is 9.02. The predicted octanol–water partition coefficient (Wildman–Crippen LogP) is 3.32. The Morgan fingerprint density at radius 2 is 2.00 bits per heavy atom. The molecule has 4 nitrogen and oxygen atoms in total. The molecule has 1 saturated carbocycles. The fraction of sp³-hybridized carbons (Fsp3) is 0.615. The van der Waals surface area contributed by atoms with Crippen molar-refractivity contribution < 1.29 is 0 Å². The quantitative estimate of drug-likeness (QED) is 0.846. The molecule has 6 heteroatoms. The van der Waals surface area contributed by atoms with Crippen molar-refractivity contribution >= 4 is 34.8 Å². The Labute approximate surface area is 124 Å². The summed E-state index contributed by atoms with van der Waals surface area (Å²) in [5.74, 6) is 1.31. The van der Waals surface area contributed by atoms with Crippen molar-refractivity contribution in [2.24, 2.45) is 0 Å². The van der Waals surface area contributed by atoms with Gasteiger partial charge in [-0.1, -0.05) is 23.2 Å². The van der Waals surface area contributed by atoms with E-state index in [0.717, 1.165) is 12.6 Å². The maximum Gasteiger partial charge on any atom is 0.147 e. The molecule has 0 amide bonds. The zero-order valence-electron chi connectivity index (χ0n) is 11.5. The van der Waals surface area contributed by atoms with E-state index >= 15 is 0 Å². The van der Waals surface area contributed by atoms with Gasteiger partial charge in [-0.15, -0.1) is 0 Å². The first-order valence-electron chi connectivity index (χ1n) is 6.52. The minimum atomic E-state index is 0.444. The van der Waals surface area contributed by atoms with Crippen molar-refractivity contribution in [1.29, 1.82) is 0 Å². The summed E-state index contributed by atoms with van der Waals surface area (Å²) in [5.41, 5.74) is 0. The SMILES string of the molecule is CNc1nc(NCC(C)N(C)C2CC2)c(Cl)cc1Cl. The number of nitrogens with zero attached hydrogens (tertiary/aromatic N) is 2. The number of rotatable bonds is 6. The number of likely N-dealkylation sites (N-methyl/N-ethyl adjacent to an activating group) is 1. The van der Waals surface area contributed by atoms with Gasteiger partial charge in [-0.3, -0.25) is 4.90 Å². The molecule has 0 radical (unpaired) electrons. The molecular weight excluding hydrogens is 283 g/mol. The van der Waals surface area contributed by atoms with Gasteiger partial charge in [-0.25, -0.2) is 4.98 Å². The Balaban J connectivity index is 1.98. The van der Waals surface area contributed by atoms with E-state index in [1.54, 1.807) is 13.1 Å². The van der Waals surface area contributed by atoms with Crippen molar-refractivity contribution in [2.75, 3.05) is 31.3 Å². The van der Waals surface area contributed by atoms with Gasteiger partial charge in [0.05, 0.1) is 10.0 Å². The maximum atomic E-state index is 6.15. The van der Waals surface area contributed by atoms with E-state index in [1.165, 1.54) is 12.8 Å². The van der Waals surface area contributed by atoms with Crippen LogP contribution in [0.3, 0.4) is 0 Å². The van der Waals surface area contributed by atoms with Crippen molar-refractivity contribution in [2.45, 2.75) is 31.8 Å². The Hall–Kier alpha value is -0.710. The molecule has 1 fully saturated rings. The summed E-state index contributed by atoms with van der Waals surface area (Å²) in [6.07, 6.45) is 2.62. The lowest BCUT2D eigenvalue weighted by Crippen LogP contribution is -2.36. The van der Waals surface area contributed by atoms with Crippen molar-refractivity contribution in [3.63, 3.8) is 0 Å². The highest BCUT2D eigenvalue weighted by Crippen LogP contribution is 2.30. The summed E-state index contributed by atoms with van der Waals surface area (Å²) >= 11 is 12.2. The number of halogens is 2. The van der Waals surface area contributed by atoms with Gasteiger partial charge >= 0.3 is 0 Å². The maximum absolute atomic E-state index is 6.15. The van der Waals surface area contributed by atoms with Crippen LogP contribution in [0.25, 0.3) is 0 Å². The van der Waals surface area contributed by atoms with Gasteiger partial charge in [-0.05, 0) is 32.9 Å². The van der Waals surface area contributed by atoms with Crippen molar-refractivity contribution in [3.05, 3.63) is 16.1 Å². The number of nitrogens with one attached hydrogen (secondary N) is 2. The highest BCUT2D eigenvalue weighted by molar-refractivity contribution is 6.37. The summed E-state index contributed by atoms with van der Waals surface area (Å²) in [6.45, 7) is 3.01. The molecule has 0 bridgehead atoms. The molecule has 106 valence electrons. The topological polar surface area (TPSA) is 40.2 Å². The van der Waals surface area contributed by atoms with Crippen LogP contribution in [0.15, 0.2) is 6.07 Å². The number of pyridine rings is 1. The molecule has 1 aliphatic carbocycles.